The molecular weight excluding hydrogens is 243 g/mol. The number of hydrogen-bond donors (Lipinski definition) is 1. The molecule has 106 valence electrons. The maximum atomic E-state index is 12.8. The Hall–Kier alpha value is -1.00. The lowest BCUT2D eigenvalue weighted by Gasteiger charge is -2.27. The van der Waals surface area contributed by atoms with Crippen LogP contribution in [0.5, 0.6) is 0 Å². The summed E-state index contributed by atoms with van der Waals surface area (Å²) in [7, 11) is 0. The van der Waals surface area contributed by atoms with Gasteiger partial charge in [-0.1, -0.05) is 12.8 Å². The number of halogens is 1. The van der Waals surface area contributed by atoms with Gasteiger partial charge in [-0.3, -0.25) is 4.98 Å². The third-order valence-electron chi connectivity index (χ3n) is 3.97. The molecule has 4 heteroatoms. The molecule has 0 saturated carbocycles. The summed E-state index contributed by atoms with van der Waals surface area (Å²) in [6.45, 7) is 4.25. The highest BCUT2D eigenvalue weighted by molar-refractivity contribution is 5.07. The molecule has 0 aliphatic carbocycles. The van der Waals surface area contributed by atoms with Crippen molar-refractivity contribution in [2.45, 2.75) is 51.2 Å². The Morgan fingerprint density at radius 1 is 1.42 bits per heavy atom. The number of likely N-dealkylation sites (tertiary alicyclic amines) is 1. The van der Waals surface area contributed by atoms with E-state index in [0.29, 0.717) is 18.2 Å². The van der Waals surface area contributed by atoms with Crippen LogP contribution in [0.4, 0.5) is 4.39 Å². The van der Waals surface area contributed by atoms with E-state index in [4.69, 9.17) is 0 Å². The van der Waals surface area contributed by atoms with Crippen LogP contribution in [0.1, 0.15) is 50.8 Å². The monoisotopic (exact) mass is 266 g/mol. The van der Waals surface area contributed by atoms with Gasteiger partial charge in [0.2, 0.25) is 0 Å². The first-order chi connectivity index (χ1) is 9.16. The first-order valence-corrected chi connectivity index (χ1v) is 7.20. The summed E-state index contributed by atoms with van der Waals surface area (Å²) in [5, 5.41) is 10.1. The summed E-state index contributed by atoms with van der Waals surface area (Å²) in [6.07, 6.45) is 6.31. The van der Waals surface area contributed by atoms with E-state index < -0.39 is 6.10 Å². The molecule has 1 aliphatic rings. The second-order valence-corrected chi connectivity index (χ2v) is 5.44. The van der Waals surface area contributed by atoms with E-state index in [0.717, 1.165) is 19.3 Å². The molecule has 3 nitrogen and oxygen atoms in total. The lowest BCUT2D eigenvalue weighted by atomic mass is 10.1. The minimum atomic E-state index is -0.601. The molecule has 0 aromatic carbocycles. The minimum absolute atomic E-state index is 0.364. The number of aliphatic hydroxyl groups is 1. The minimum Gasteiger partial charge on any atom is -0.387 e. The summed E-state index contributed by atoms with van der Waals surface area (Å²) in [6, 6.07) is 3.50. The van der Waals surface area contributed by atoms with Crippen molar-refractivity contribution in [3.05, 3.63) is 29.8 Å². The van der Waals surface area contributed by atoms with Crippen molar-refractivity contribution in [2.75, 3.05) is 13.1 Å². The number of nitrogens with zero attached hydrogens (tertiary/aromatic N) is 2. The van der Waals surface area contributed by atoms with E-state index in [2.05, 4.69) is 16.8 Å². The van der Waals surface area contributed by atoms with Crippen molar-refractivity contribution in [1.29, 1.82) is 0 Å². The van der Waals surface area contributed by atoms with Crippen molar-refractivity contribution in [1.82, 2.24) is 9.88 Å². The van der Waals surface area contributed by atoms with Gasteiger partial charge < -0.3 is 10.0 Å². The molecule has 0 spiro atoms. The van der Waals surface area contributed by atoms with Gasteiger partial charge in [0.15, 0.2) is 0 Å². The molecule has 19 heavy (non-hydrogen) atoms. The van der Waals surface area contributed by atoms with Gasteiger partial charge >= 0.3 is 0 Å². The Morgan fingerprint density at radius 3 is 3.00 bits per heavy atom. The zero-order valence-electron chi connectivity index (χ0n) is 11.6. The average Bonchev–Trinajstić information content (AvgIpc) is 2.61. The van der Waals surface area contributed by atoms with Gasteiger partial charge in [-0.15, -0.1) is 0 Å². The van der Waals surface area contributed by atoms with Crippen LogP contribution in [0.25, 0.3) is 0 Å². The van der Waals surface area contributed by atoms with Crippen molar-refractivity contribution in [3.8, 4) is 0 Å². The van der Waals surface area contributed by atoms with E-state index >= 15 is 0 Å². The van der Waals surface area contributed by atoms with Crippen LogP contribution in [0, 0.1) is 5.82 Å². The first-order valence-electron chi connectivity index (χ1n) is 7.20. The first kappa shape index (κ1) is 14.4. The largest absolute Gasteiger partial charge is 0.387 e. The normalized spacial score (nSPS) is 23.0. The molecule has 2 unspecified atom stereocenters. The SMILES string of the molecule is CC1CCCCCN1CCC(O)c1ccc(F)cn1. The van der Waals surface area contributed by atoms with Gasteiger partial charge in [-0.05, 0) is 44.9 Å². The molecule has 0 radical (unpaired) electrons. The molecule has 1 N–H and O–H groups in total. The van der Waals surface area contributed by atoms with Crippen LogP contribution >= 0.6 is 0 Å². The fourth-order valence-electron chi connectivity index (χ4n) is 2.69. The molecule has 1 aromatic rings. The Morgan fingerprint density at radius 2 is 2.26 bits per heavy atom. The quantitative estimate of drug-likeness (QED) is 0.910. The highest BCUT2D eigenvalue weighted by Gasteiger charge is 2.18. The zero-order valence-corrected chi connectivity index (χ0v) is 11.6. The van der Waals surface area contributed by atoms with Gasteiger partial charge in [0, 0.05) is 12.6 Å². The van der Waals surface area contributed by atoms with Crippen LogP contribution in [0.2, 0.25) is 0 Å². The van der Waals surface area contributed by atoms with Gasteiger partial charge in [0.1, 0.15) is 5.82 Å². The van der Waals surface area contributed by atoms with Gasteiger partial charge in [-0.2, -0.15) is 0 Å². The van der Waals surface area contributed by atoms with Crippen LogP contribution in [0.15, 0.2) is 18.3 Å². The standard InChI is InChI=1S/C15H23FN2O/c1-12-5-3-2-4-9-18(12)10-8-15(19)14-7-6-13(16)11-17-14/h6-7,11-12,15,19H,2-5,8-10H2,1H3. The topological polar surface area (TPSA) is 36.4 Å². The molecular formula is C15H23FN2O. The Kier molecular flexibility index (Phi) is 5.28. The Labute approximate surface area is 114 Å². The van der Waals surface area contributed by atoms with Gasteiger partial charge in [0.05, 0.1) is 18.0 Å². The number of hydrogen-bond acceptors (Lipinski definition) is 3. The Bertz CT molecular complexity index is 382. The van der Waals surface area contributed by atoms with Crippen molar-refractivity contribution in [3.63, 3.8) is 0 Å². The summed E-state index contributed by atoms with van der Waals surface area (Å²) in [4.78, 5) is 6.38. The number of aliphatic hydroxyl groups excluding tert-OH is 1. The van der Waals surface area contributed by atoms with Crippen LogP contribution < -0.4 is 0 Å². The highest BCUT2D eigenvalue weighted by atomic mass is 19.1. The van der Waals surface area contributed by atoms with Gasteiger partial charge in [0.25, 0.3) is 0 Å². The second kappa shape index (κ2) is 6.96. The Balaban J connectivity index is 1.85. The fourth-order valence-corrected chi connectivity index (χ4v) is 2.69. The highest BCUT2D eigenvalue weighted by Crippen LogP contribution is 2.20. The number of aromatic nitrogens is 1. The predicted molar refractivity (Wildman–Crippen MR) is 73.3 cm³/mol. The molecule has 0 bridgehead atoms. The van der Waals surface area contributed by atoms with Crippen molar-refractivity contribution >= 4 is 0 Å². The molecule has 2 heterocycles. The molecule has 1 fully saturated rings. The van der Waals surface area contributed by atoms with Crippen molar-refractivity contribution < 1.29 is 9.50 Å². The van der Waals surface area contributed by atoms with E-state index in [9.17, 15) is 9.50 Å². The number of rotatable bonds is 4. The zero-order chi connectivity index (χ0) is 13.7. The van der Waals surface area contributed by atoms with E-state index in [-0.39, 0.29) is 5.82 Å². The summed E-state index contributed by atoms with van der Waals surface area (Å²) in [5.41, 5.74) is 0.559. The summed E-state index contributed by atoms with van der Waals surface area (Å²) in [5.74, 6) is -0.364. The molecule has 0 amide bonds. The smallest absolute Gasteiger partial charge is 0.141 e. The fraction of sp³-hybridized carbons (Fsp3) is 0.667. The average molecular weight is 266 g/mol. The lowest BCUT2D eigenvalue weighted by molar-refractivity contribution is 0.125. The van der Waals surface area contributed by atoms with Crippen LogP contribution in [-0.4, -0.2) is 34.1 Å². The van der Waals surface area contributed by atoms with Gasteiger partial charge in [-0.25, -0.2) is 4.39 Å². The molecule has 1 aliphatic heterocycles. The lowest BCUT2D eigenvalue weighted by Crippen LogP contribution is -2.34. The predicted octanol–water partition coefficient (Wildman–Crippen LogP) is 2.91. The maximum absolute atomic E-state index is 12.8. The molecule has 1 aromatic heterocycles. The second-order valence-electron chi connectivity index (χ2n) is 5.44. The third kappa shape index (κ3) is 4.25. The third-order valence-corrected chi connectivity index (χ3v) is 3.97. The molecule has 1 saturated heterocycles. The molecule has 2 atom stereocenters. The summed E-state index contributed by atoms with van der Waals surface area (Å²) < 4.78 is 12.8. The molecule has 2 rings (SSSR count). The number of pyridine rings is 1. The van der Waals surface area contributed by atoms with E-state index in [1.807, 2.05) is 0 Å². The van der Waals surface area contributed by atoms with Crippen molar-refractivity contribution in [2.24, 2.45) is 0 Å². The summed E-state index contributed by atoms with van der Waals surface area (Å²) >= 11 is 0. The van der Waals surface area contributed by atoms with E-state index in [1.165, 1.54) is 31.7 Å². The van der Waals surface area contributed by atoms with E-state index in [1.54, 1.807) is 6.07 Å². The van der Waals surface area contributed by atoms with Crippen LogP contribution in [-0.2, 0) is 0 Å². The van der Waals surface area contributed by atoms with Crippen LogP contribution in [0.3, 0.4) is 0 Å². The maximum Gasteiger partial charge on any atom is 0.141 e.